The molecule has 0 unspecified atom stereocenters. The summed E-state index contributed by atoms with van der Waals surface area (Å²) in [5.41, 5.74) is 1.05. The van der Waals surface area contributed by atoms with Gasteiger partial charge in [-0.1, -0.05) is 66.2 Å². The summed E-state index contributed by atoms with van der Waals surface area (Å²) in [6.07, 6.45) is 0. The zero-order valence-corrected chi connectivity index (χ0v) is 15.9. The molecule has 142 valence electrons. The van der Waals surface area contributed by atoms with E-state index in [1.165, 1.54) is 0 Å². The fourth-order valence-corrected chi connectivity index (χ4v) is 3.25. The first kappa shape index (κ1) is 18.7. The second-order valence-electron chi connectivity index (χ2n) is 6.33. The van der Waals surface area contributed by atoms with Crippen LogP contribution in [0.15, 0.2) is 89.4 Å². The van der Waals surface area contributed by atoms with Gasteiger partial charge in [0.05, 0.1) is 10.7 Å². The third-order valence-electron chi connectivity index (χ3n) is 4.46. The van der Waals surface area contributed by atoms with Gasteiger partial charge in [0.25, 0.3) is 5.91 Å². The van der Waals surface area contributed by atoms with Crippen LogP contribution in [0.1, 0.15) is 15.9 Å². The molecule has 5 nitrogen and oxygen atoms in total. The summed E-state index contributed by atoms with van der Waals surface area (Å²) in [5.74, 6) is -1.40. The molecular weight excluding hydrogens is 388 g/mol. The van der Waals surface area contributed by atoms with Gasteiger partial charge in [-0.2, -0.15) is 0 Å². The van der Waals surface area contributed by atoms with Gasteiger partial charge in [0.15, 0.2) is 0 Å². The summed E-state index contributed by atoms with van der Waals surface area (Å²) in [5, 5.41) is 13.9. The molecule has 29 heavy (non-hydrogen) atoms. The molecule has 6 heteroatoms. The average molecular weight is 403 g/mol. The first-order valence-corrected chi connectivity index (χ1v) is 9.21. The van der Waals surface area contributed by atoms with Crippen LogP contribution < -0.4 is 5.32 Å². The van der Waals surface area contributed by atoms with Crippen LogP contribution in [0.5, 0.6) is 0 Å². The van der Waals surface area contributed by atoms with E-state index in [1.807, 2.05) is 6.07 Å². The lowest BCUT2D eigenvalue weighted by Crippen LogP contribution is -2.31. The number of benzene rings is 3. The van der Waals surface area contributed by atoms with Gasteiger partial charge in [0, 0.05) is 16.8 Å². The van der Waals surface area contributed by atoms with Crippen LogP contribution in [0.3, 0.4) is 0 Å². The predicted molar refractivity (Wildman–Crippen MR) is 114 cm³/mol. The highest BCUT2D eigenvalue weighted by atomic mass is 35.5. The molecule has 3 aromatic rings. The van der Waals surface area contributed by atoms with Gasteiger partial charge in [-0.3, -0.25) is 9.59 Å². The van der Waals surface area contributed by atoms with Crippen molar-refractivity contribution in [1.82, 2.24) is 0 Å². The standard InChI is InChI=1S/C23H15ClN2O3/c24-17-12-6-7-13-18(17)26-20-19(23(29)25-14-8-2-1-3-9-14)21(27)15-10-4-5-11-16(15)22(20)28/h1-13,27H,(H,25,29). The normalized spacial score (nSPS) is 14.7. The van der Waals surface area contributed by atoms with E-state index in [1.54, 1.807) is 72.8 Å². The Morgan fingerprint density at radius 3 is 2.21 bits per heavy atom. The molecule has 0 radical (unpaired) electrons. The summed E-state index contributed by atoms with van der Waals surface area (Å²) in [4.78, 5) is 30.5. The minimum Gasteiger partial charge on any atom is -0.506 e. The van der Waals surface area contributed by atoms with E-state index in [-0.39, 0.29) is 28.2 Å². The molecule has 1 aliphatic rings. The summed E-state index contributed by atoms with van der Waals surface area (Å²) in [6, 6.07) is 22.0. The van der Waals surface area contributed by atoms with Gasteiger partial charge in [-0.15, -0.1) is 0 Å². The van der Waals surface area contributed by atoms with Crippen molar-refractivity contribution in [2.24, 2.45) is 4.99 Å². The first-order chi connectivity index (χ1) is 14.1. The van der Waals surface area contributed by atoms with Gasteiger partial charge < -0.3 is 10.4 Å². The highest BCUT2D eigenvalue weighted by molar-refractivity contribution is 6.60. The third kappa shape index (κ3) is 3.56. The number of aliphatic imine (C=N–C) groups is 1. The van der Waals surface area contributed by atoms with E-state index in [2.05, 4.69) is 10.3 Å². The maximum absolute atomic E-state index is 13.1. The molecule has 1 aliphatic carbocycles. The van der Waals surface area contributed by atoms with Crippen molar-refractivity contribution in [3.63, 3.8) is 0 Å². The highest BCUT2D eigenvalue weighted by Crippen LogP contribution is 2.32. The maximum Gasteiger partial charge on any atom is 0.261 e. The first-order valence-electron chi connectivity index (χ1n) is 8.83. The summed E-state index contributed by atoms with van der Waals surface area (Å²) in [6.45, 7) is 0. The van der Waals surface area contributed by atoms with Crippen molar-refractivity contribution < 1.29 is 14.7 Å². The van der Waals surface area contributed by atoms with Gasteiger partial charge in [0.2, 0.25) is 5.78 Å². The number of para-hydroxylation sites is 2. The van der Waals surface area contributed by atoms with Crippen LogP contribution in [-0.2, 0) is 4.79 Å². The highest BCUT2D eigenvalue weighted by Gasteiger charge is 2.35. The summed E-state index contributed by atoms with van der Waals surface area (Å²) in [7, 11) is 0. The molecule has 0 saturated heterocycles. The molecular formula is C23H15ClN2O3. The molecule has 0 heterocycles. The van der Waals surface area contributed by atoms with E-state index in [9.17, 15) is 14.7 Å². The number of anilines is 1. The lowest BCUT2D eigenvalue weighted by Gasteiger charge is -2.20. The Balaban J connectivity index is 1.88. The van der Waals surface area contributed by atoms with Crippen molar-refractivity contribution in [2.45, 2.75) is 0 Å². The van der Waals surface area contributed by atoms with Crippen molar-refractivity contribution in [1.29, 1.82) is 0 Å². The topological polar surface area (TPSA) is 78.8 Å². The number of aliphatic hydroxyl groups excluding tert-OH is 1. The fraction of sp³-hybridized carbons (Fsp3) is 0. The minimum atomic E-state index is -0.637. The number of halogens is 1. The monoisotopic (exact) mass is 402 g/mol. The van der Waals surface area contributed by atoms with E-state index >= 15 is 0 Å². The second-order valence-corrected chi connectivity index (χ2v) is 6.74. The molecule has 0 atom stereocenters. The Morgan fingerprint density at radius 1 is 0.862 bits per heavy atom. The molecule has 0 saturated carbocycles. The van der Waals surface area contributed by atoms with Gasteiger partial charge >= 0.3 is 0 Å². The molecule has 0 spiro atoms. The number of fused-ring (bicyclic) bond motifs is 1. The largest absolute Gasteiger partial charge is 0.506 e. The van der Waals surface area contributed by atoms with Crippen LogP contribution in [0, 0.1) is 0 Å². The smallest absolute Gasteiger partial charge is 0.261 e. The quantitative estimate of drug-likeness (QED) is 0.630. The number of hydrogen-bond acceptors (Lipinski definition) is 4. The number of hydrogen-bond donors (Lipinski definition) is 2. The Morgan fingerprint density at radius 2 is 1.48 bits per heavy atom. The average Bonchev–Trinajstić information content (AvgIpc) is 2.74. The van der Waals surface area contributed by atoms with Gasteiger partial charge in [0.1, 0.15) is 17.0 Å². The number of amides is 1. The Kier molecular flexibility index (Phi) is 4.97. The number of carbonyl (C=O) groups excluding carboxylic acids is 2. The van der Waals surface area contributed by atoms with Crippen LogP contribution in [-0.4, -0.2) is 22.5 Å². The number of carbonyl (C=O) groups is 2. The van der Waals surface area contributed by atoms with E-state index in [0.717, 1.165) is 0 Å². The van der Waals surface area contributed by atoms with Crippen molar-refractivity contribution in [2.75, 3.05) is 5.32 Å². The number of Topliss-reactive ketones (excluding diaryl/α,β-unsaturated/α-hetero) is 1. The third-order valence-corrected chi connectivity index (χ3v) is 4.78. The SMILES string of the molecule is O=C(Nc1ccccc1)C1=C(O)c2ccccc2C(=O)C1=Nc1ccccc1Cl. The molecule has 3 aromatic carbocycles. The Hall–Kier alpha value is -3.70. The van der Waals surface area contributed by atoms with E-state index < -0.39 is 11.7 Å². The predicted octanol–water partition coefficient (Wildman–Crippen LogP) is 5.22. The van der Waals surface area contributed by atoms with Crippen molar-refractivity contribution in [3.8, 4) is 0 Å². The van der Waals surface area contributed by atoms with Crippen molar-refractivity contribution >= 4 is 46.1 Å². The molecule has 0 aromatic heterocycles. The number of ketones is 1. The molecule has 2 N–H and O–H groups in total. The molecule has 1 amide bonds. The maximum atomic E-state index is 13.1. The second kappa shape index (κ2) is 7.73. The van der Waals surface area contributed by atoms with Gasteiger partial charge in [-0.25, -0.2) is 4.99 Å². The van der Waals surface area contributed by atoms with Gasteiger partial charge in [-0.05, 0) is 24.3 Å². The summed E-state index contributed by atoms with van der Waals surface area (Å²) < 4.78 is 0. The number of aliphatic hydroxyl groups is 1. The Bertz CT molecular complexity index is 1180. The Labute approximate surface area is 172 Å². The van der Waals surface area contributed by atoms with Crippen molar-refractivity contribution in [3.05, 3.63) is 101 Å². The molecule has 0 fully saturated rings. The zero-order chi connectivity index (χ0) is 20.4. The van der Waals surface area contributed by atoms with Crippen LogP contribution in [0.2, 0.25) is 5.02 Å². The number of nitrogens with zero attached hydrogens (tertiary/aromatic N) is 1. The fourth-order valence-electron chi connectivity index (χ4n) is 3.08. The molecule has 0 aliphatic heterocycles. The van der Waals surface area contributed by atoms with E-state index in [4.69, 9.17) is 11.6 Å². The van der Waals surface area contributed by atoms with E-state index in [0.29, 0.717) is 16.4 Å². The number of rotatable bonds is 3. The molecule has 0 bridgehead atoms. The van der Waals surface area contributed by atoms with Crippen LogP contribution in [0.25, 0.3) is 5.76 Å². The number of nitrogens with one attached hydrogen (secondary N) is 1. The lowest BCUT2D eigenvalue weighted by atomic mass is 9.87. The summed E-state index contributed by atoms with van der Waals surface area (Å²) >= 11 is 6.19. The lowest BCUT2D eigenvalue weighted by molar-refractivity contribution is -0.112. The van der Waals surface area contributed by atoms with Crippen LogP contribution in [0.4, 0.5) is 11.4 Å². The van der Waals surface area contributed by atoms with Crippen LogP contribution >= 0.6 is 11.6 Å². The molecule has 4 rings (SSSR count). The zero-order valence-electron chi connectivity index (χ0n) is 15.1. The minimum absolute atomic E-state index is 0.164.